The summed E-state index contributed by atoms with van der Waals surface area (Å²) in [5.41, 5.74) is 0. The van der Waals surface area contributed by atoms with Gasteiger partial charge in [0.15, 0.2) is 0 Å². The summed E-state index contributed by atoms with van der Waals surface area (Å²) in [6.07, 6.45) is 30.6. The SMILES string of the molecule is CCCCC/C=C\C/C=C\CCCCCCCC(=O)OCCCCCCCC. The molecular weight excluding hydrogens is 344 g/mol. The van der Waals surface area contributed by atoms with Crippen molar-refractivity contribution in [1.29, 1.82) is 0 Å². The smallest absolute Gasteiger partial charge is 0.305 e. The molecule has 0 bridgehead atoms. The fourth-order valence-corrected chi connectivity index (χ4v) is 3.22. The topological polar surface area (TPSA) is 26.3 Å². The number of carbonyl (C=O) groups is 1. The van der Waals surface area contributed by atoms with Crippen LogP contribution in [-0.2, 0) is 9.53 Å². The third-order valence-corrected chi connectivity index (χ3v) is 5.09. The van der Waals surface area contributed by atoms with Gasteiger partial charge in [0.05, 0.1) is 6.61 Å². The number of carbonyl (C=O) groups excluding carboxylic acids is 1. The second kappa shape index (κ2) is 24.0. The minimum atomic E-state index is -0.000703. The lowest BCUT2D eigenvalue weighted by Crippen LogP contribution is -2.05. The van der Waals surface area contributed by atoms with Crippen molar-refractivity contribution in [3.05, 3.63) is 24.3 Å². The average Bonchev–Trinajstić information content (AvgIpc) is 2.70. The van der Waals surface area contributed by atoms with Gasteiger partial charge in [-0.2, -0.15) is 0 Å². The molecule has 0 aliphatic rings. The lowest BCUT2D eigenvalue weighted by Gasteiger charge is -2.05. The van der Waals surface area contributed by atoms with Gasteiger partial charge in [0.1, 0.15) is 0 Å². The van der Waals surface area contributed by atoms with E-state index in [0.29, 0.717) is 13.0 Å². The Labute approximate surface area is 176 Å². The predicted octanol–water partition coefficient (Wildman–Crippen LogP) is 8.70. The van der Waals surface area contributed by atoms with Crippen LogP contribution in [0.1, 0.15) is 129 Å². The summed E-state index contributed by atoms with van der Waals surface area (Å²) in [6.45, 7) is 5.10. The van der Waals surface area contributed by atoms with E-state index in [1.54, 1.807) is 0 Å². The first-order chi connectivity index (χ1) is 13.8. The first-order valence-corrected chi connectivity index (χ1v) is 12.3. The molecule has 0 spiro atoms. The van der Waals surface area contributed by atoms with Crippen LogP contribution in [0.2, 0.25) is 0 Å². The molecule has 2 heteroatoms. The Bertz CT molecular complexity index is 371. The van der Waals surface area contributed by atoms with E-state index >= 15 is 0 Å². The highest BCUT2D eigenvalue weighted by molar-refractivity contribution is 5.69. The maximum absolute atomic E-state index is 11.7. The van der Waals surface area contributed by atoms with Crippen LogP contribution in [-0.4, -0.2) is 12.6 Å². The van der Waals surface area contributed by atoms with Gasteiger partial charge in [-0.05, 0) is 44.9 Å². The van der Waals surface area contributed by atoms with Gasteiger partial charge < -0.3 is 4.74 Å². The van der Waals surface area contributed by atoms with Gasteiger partial charge in [-0.3, -0.25) is 4.79 Å². The number of ether oxygens (including phenoxy) is 1. The van der Waals surface area contributed by atoms with Crippen molar-refractivity contribution >= 4 is 5.97 Å². The van der Waals surface area contributed by atoms with Crippen LogP contribution in [0.25, 0.3) is 0 Å². The molecule has 0 atom stereocenters. The highest BCUT2D eigenvalue weighted by Crippen LogP contribution is 2.09. The van der Waals surface area contributed by atoms with E-state index in [4.69, 9.17) is 4.74 Å². The molecule has 0 heterocycles. The fourth-order valence-electron chi connectivity index (χ4n) is 3.22. The predicted molar refractivity (Wildman–Crippen MR) is 124 cm³/mol. The molecular formula is C26H48O2. The largest absolute Gasteiger partial charge is 0.466 e. The molecule has 0 aliphatic heterocycles. The second-order valence-electron chi connectivity index (χ2n) is 7.97. The van der Waals surface area contributed by atoms with Gasteiger partial charge >= 0.3 is 5.97 Å². The summed E-state index contributed by atoms with van der Waals surface area (Å²) >= 11 is 0. The Morgan fingerprint density at radius 3 is 1.79 bits per heavy atom. The molecule has 0 aliphatic carbocycles. The van der Waals surface area contributed by atoms with E-state index < -0.39 is 0 Å². The summed E-state index contributed by atoms with van der Waals surface area (Å²) in [5.74, 6) is -0.000703. The van der Waals surface area contributed by atoms with Crippen molar-refractivity contribution in [1.82, 2.24) is 0 Å². The highest BCUT2D eigenvalue weighted by Gasteiger charge is 2.02. The number of allylic oxidation sites excluding steroid dienone is 4. The number of hydrogen-bond acceptors (Lipinski definition) is 2. The monoisotopic (exact) mass is 392 g/mol. The van der Waals surface area contributed by atoms with Gasteiger partial charge in [-0.1, -0.05) is 102 Å². The van der Waals surface area contributed by atoms with Gasteiger partial charge in [-0.25, -0.2) is 0 Å². The van der Waals surface area contributed by atoms with Gasteiger partial charge in [0.2, 0.25) is 0 Å². The fraction of sp³-hybridized carbons (Fsp3) is 0.808. The zero-order valence-electron chi connectivity index (χ0n) is 19.1. The molecule has 0 aromatic heterocycles. The van der Waals surface area contributed by atoms with Crippen LogP contribution in [0.5, 0.6) is 0 Å². The molecule has 0 aromatic rings. The average molecular weight is 393 g/mol. The van der Waals surface area contributed by atoms with E-state index in [0.717, 1.165) is 25.7 Å². The normalized spacial score (nSPS) is 11.6. The summed E-state index contributed by atoms with van der Waals surface area (Å²) in [6, 6.07) is 0. The Morgan fingerprint density at radius 1 is 0.607 bits per heavy atom. The second-order valence-corrected chi connectivity index (χ2v) is 7.97. The lowest BCUT2D eigenvalue weighted by atomic mass is 10.1. The molecule has 0 amide bonds. The van der Waals surface area contributed by atoms with E-state index in [1.807, 2.05) is 0 Å². The Morgan fingerprint density at radius 2 is 1.11 bits per heavy atom. The third-order valence-electron chi connectivity index (χ3n) is 5.09. The highest BCUT2D eigenvalue weighted by atomic mass is 16.5. The third kappa shape index (κ3) is 23.0. The number of hydrogen-bond donors (Lipinski definition) is 0. The minimum absolute atomic E-state index is 0.000703. The molecule has 0 unspecified atom stereocenters. The van der Waals surface area contributed by atoms with Crippen LogP contribution in [0, 0.1) is 0 Å². The maximum Gasteiger partial charge on any atom is 0.305 e. The lowest BCUT2D eigenvalue weighted by molar-refractivity contribution is -0.143. The van der Waals surface area contributed by atoms with E-state index in [9.17, 15) is 4.79 Å². The molecule has 0 rings (SSSR count). The standard InChI is InChI=1S/C26H48O2/c1-3-5-7-9-11-12-13-14-15-16-17-18-19-20-22-24-26(27)28-25-23-21-10-8-6-4-2/h11-12,14-15H,3-10,13,16-25H2,1-2H3/b12-11-,15-14-. The molecule has 28 heavy (non-hydrogen) atoms. The summed E-state index contributed by atoms with van der Waals surface area (Å²) in [5, 5.41) is 0. The maximum atomic E-state index is 11.7. The van der Waals surface area contributed by atoms with Crippen molar-refractivity contribution in [2.75, 3.05) is 6.61 Å². The minimum Gasteiger partial charge on any atom is -0.466 e. The van der Waals surface area contributed by atoms with Crippen molar-refractivity contribution in [2.24, 2.45) is 0 Å². The van der Waals surface area contributed by atoms with Crippen LogP contribution in [0.15, 0.2) is 24.3 Å². The van der Waals surface area contributed by atoms with E-state index in [2.05, 4.69) is 38.2 Å². The zero-order valence-corrected chi connectivity index (χ0v) is 19.1. The molecule has 0 aromatic carbocycles. The van der Waals surface area contributed by atoms with Crippen molar-refractivity contribution in [2.45, 2.75) is 129 Å². The Balaban J connectivity index is 3.25. The Kier molecular flexibility index (Phi) is 23.1. The first kappa shape index (κ1) is 27.0. The van der Waals surface area contributed by atoms with Gasteiger partial charge in [0.25, 0.3) is 0 Å². The molecule has 0 N–H and O–H groups in total. The van der Waals surface area contributed by atoms with E-state index in [1.165, 1.54) is 83.5 Å². The van der Waals surface area contributed by atoms with Crippen molar-refractivity contribution in [3.63, 3.8) is 0 Å². The van der Waals surface area contributed by atoms with Crippen LogP contribution < -0.4 is 0 Å². The molecule has 164 valence electrons. The number of esters is 1. The Hall–Kier alpha value is -1.05. The van der Waals surface area contributed by atoms with Gasteiger partial charge in [0, 0.05) is 6.42 Å². The molecule has 0 radical (unpaired) electrons. The summed E-state index contributed by atoms with van der Waals surface area (Å²) in [4.78, 5) is 11.7. The molecule has 2 nitrogen and oxygen atoms in total. The van der Waals surface area contributed by atoms with Crippen molar-refractivity contribution in [3.8, 4) is 0 Å². The quantitative estimate of drug-likeness (QED) is 0.111. The zero-order chi connectivity index (χ0) is 20.5. The molecule has 0 saturated heterocycles. The van der Waals surface area contributed by atoms with Crippen LogP contribution in [0.4, 0.5) is 0 Å². The van der Waals surface area contributed by atoms with E-state index in [-0.39, 0.29) is 5.97 Å². The number of rotatable bonds is 21. The number of unbranched alkanes of at least 4 members (excludes halogenated alkanes) is 13. The molecule has 0 fully saturated rings. The van der Waals surface area contributed by atoms with Crippen LogP contribution >= 0.6 is 0 Å². The molecule has 0 saturated carbocycles. The summed E-state index contributed by atoms with van der Waals surface area (Å²) < 4.78 is 5.31. The summed E-state index contributed by atoms with van der Waals surface area (Å²) in [7, 11) is 0. The van der Waals surface area contributed by atoms with Crippen LogP contribution in [0.3, 0.4) is 0 Å². The van der Waals surface area contributed by atoms with Gasteiger partial charge in [-0.15, -0.1) is 0 Å². The first-order valence-electron chi connectivity index (χ1n) is 12.3. The van der Waals surface area contributed by atoms with Crippen molar-refractivity contribution < 1.29 is 9.53 Å².